The van der Waals surface area contributed by atoms with Crippen LogP contribution in [0.4, 0.5) is 0 Å². The number of allylic oxidation sites excluding steroid dienone is 1. The molecule has 4 rings (SSSR count). The fourth-order valence-electron chi connectivity index (χ4n) is 5.89. The molecule has 1 saturated heterocycles. The molecule has 38 heavy (non-hydrogen) atoms. The highest BCUT2D eigenvalue weighted by Crippen LogP contribution is 2.55. The van der Waals surface area contributed by atoms with E-state index in [1.165, 1.54) is 0 Å². The summed E-state index contributed by atoms with van der Waals surface area (Å²) in [6, 6.07) is 15.0. The van der Waals surface area contributed by atoms with Crippen LogP contribution >= 0.6 is 23.2 Å². The van der Waals surface area contributed by atoms with Crippen molar-refractivity contribution in [1.82, 2.24) is 9.62 Å². The van der Waals surface area contributed by atoms with Gasteiger partial charge in [-0.1, -0.05) is 60.5 Å². The Morgan fingerprint density at radius 3 is 2.34 bits per heavy atom. The summed E-state index contributed by atoms with van der Waals surface area (Å²) in [6.45, 7) is 9.57. The van der Waals surface area contributed by atoms with Gasteiger partial charge in [-0.2, -0.15) is 0 Å². The lowest BCUT2D eigenvalue weighted by atomic mass is 9.65. The van der Waals surface area contributed by atoms with E-state index in [9.17, 15) is 13.2 Å². The van der Waals surface area contributed by atoms with Gasteiger partial charge in [-0.25, -0.2) is 13.1 Å². The van der Waals surface area contributed by atoms with E-state index in [4.69, 9.17) is 23.2 Å². The molecule has 2 aliphatic rings. The maximum atomic E-state index is 14.6. The van der Waals surface area contributed by atoms with Crippen molar-refractivity contribution in [2.45, 2.75) is 76.1 Å². The Kier molecular flexibility index (Phi) is 8.98. The molecule has 0 bridgehead atoms. The van der Waals surface area contributed by atoms with Crippen molar-refractivity contribution in [3.05, 3.63) is 82.4 Å². The van der Waals surface area contributed by atoms with Gasteiger partial charge in [-0.05, 0) is 87.3 Å². The van der Waals surface area contributed by atoms with Crippen LogP contribution in [0.2, 0.25) is 10.0 Å². The minimum atomic E-state index is -3.50. The molecule has 1 saturated carbocycles. The fraction of sp³-hybridized carbons (Fsp3) is 0.500. The third-order valence-corrected chi connectivity index (χ3v) is 10.6. The smallest absolute Gasteiger partial charge is 0.229 e. The topological polar surface area (TPSA) is 66.5 Å². The summed E-state index contributed by atoms with van der Waals surface area (Å²) in [4.78, 5) is 16.7. The number of nitrogens with zero attached hydrogens (tertiary/aromatic N) is 1. The largest absolute Gasteiger partial charge is 0.330 e. The van der Waals surface area contributed by atoms with Crippen molar-refractivity contribution >= 4 is 39.1 Å². The van der Waals surface area contributed by atoms with Gasteiger partial charge < -0.3 is 4.90 Å². The Morgan fingerprint density at radius 1 is 1.11 bits per heavy atom. The van der Waals surface area contributed by atoms with E-state index in [0.717, 1.165) is 24.0 Å². The van der Waals surface area contributed by atoms with E-state index < -0.39 is 20.7 Å². The number of hydrogen-bond donors (Lipinski definition) is 1. The zero-order valence-electron chi connectivity index (χ0n) is 22.4. The molecule has 1 heterocycles. The lowest BCUT2D eigenvalue weighted by molar-refractivity contribution is -0.156. The number of piperidine rings is 1. The van der Waals surface area contributed by atoms with Crippen LogP contribution in [0.3, 0.4) is 0 Å². The Bertz CT molecular complexity index is 1260. The van der Waals surface area contributed by atoms with Gasteiger partial charge in [-0.15, -0.1) is 6.58 Å². The average Bonchev–Trinajstić information content (AvgIpc) is 3.72. The molecular weight excluding hydrogens is 539 g/mol. The minimum absolute atomic E-state index is 0.0459. The van der Waals surface area contributed by atoms with Gasteiger partial charge >= 0.3 is 0 Å². The van der Waals surface area contributed by atoms with Crippen LogP contribution in [0, 0.1) is 11.3 Å². The fourth-order valence-corrected chi connectivity index (χ4v) is 6.95. The maximum absolute atomic E-state index is 14.6. The second kappa shape index (κ2) is 11.7. The maximum Gasteiger partial charge on any atom is 0.229 e. The molecular formula is C30H38Cl2N2O3S. The molecule has 2 aromatic carbocycles. The van der Waals surface area contributed by atoms with Crippen molar-refractivity contribution in [3.63, 3.8) is 0 Å². The predicted octanol–water partition coefficient (Wildman–Crippen LogP) is 7.13. The van der Waals surface area contributed by atoms with Gasteiger partial charge in [-0.3, -0.25) is 4.79 Å². The zero-order chi connectivity index (χ0) is 27.7. The van der Waals surface area contributed by atoms with Gasteiger partial charge in [0.1, 0.15) is 0 Å². The van der Waals surface area contributed by atoms with Crippen LogP contribution in [0.1, 0.15) is 76.0 Å². The molecule has 0 spiro atoms. The monoisotopic (exact) mass is 576 g/mol. The lowest BCUT2D eigenvalue weighted by Crippen LogP contribution is -2.59. The normalized spacial score (nSPS) is 25.0. The highest BCUT2D eigenvalue weighted by atomic mass is 35.5. The molecule has 4 unspecified atom stereocenters. The number of benzene rings is 2. The van der Waals surface area contributed by atoms with Gasteiger partial charge in [0.05, 0.1) is 16.7 Å². The van der Waals surface area contributed by atoms with Crippen LogP contribution in [-0.4, -0.2) is 37.1 Å². The van der Waals surface area contributed by atoms with Crippen LogP contribution < -0.4 is 4.72 Å². The lowest BCUT2D eigenvalue weighted by Gasteiger charge is -2.53. The van der Waals surface area contributed by atoms with E-state index in [-0.39, 0.29) is 36.4 Å². The summed E-state index contributed by atoms with van der Waals surface area (Å²) in [5.41, 5.74) is 1.41. The number of halogens is 2. The first kappa shape index (κ1) is 29.1. The van der Waals surface area contributed by atoms with Gasteiger partial charge in [0, 0.05) is 28.5 Å². The minimum Gasteiger partial charge on any atom is -0.330 e. The molecule has 2 aromatic rings. The Hall–Kier alpha value is -1.86. The number of amides is 1. The molecule has 8 heteroatoms. The molecule has 1 amide bonds. The molecule has 206 valence electrons. The summed E-state index contributed by atoms with van der Waals surface area (Å²) in [7, 11) is -3.50. The van der Waals surface area contributed by atoms with Crippen LogP contribution in [0.5, 0.6) is 0 Å². The van der Waals surface area contributed by atoms with Crippen LogP contribution in [0.15, 0.2) is 61.2 Å². The summed E-state index contributed by atoms with van der Waals surface area (Å²) < 4.78 is 28.4. The van der Waals surface area contributed by atoms with E-state index in [2.05, 4.69) is 24.3 Å². The molecule has 1 N–H and O–H groups in total. The van der Waals surface area contributed by atoms with E-state index in [0.29, 0.717) is 29.3 Å². The second-order valence-corrected chi connectivity index (χ2v) is 14.2. The van der Waals surface area contributed by atoms with Crippen LogP contribution in [-0.2, 0) is 14.8 Å². The molecule has 0 radical (unpaired) electrons. The number of hydrogen-bond acceptors (Lipinski definition) is 3. The van der Waals surface area contributed by atoms with E-state index in [1.807, 2.05) is 53.4 Å². The quantitative estimate of drug-likeness (QED) is 0.289. The Balaban J connectivity index is 1.89. The molecule has 5 nitrogen and oxygen atoms in total. The standard InChI is InChI=1S/C30H38Cl2N2O3S/c1-5-16-30(6-2)18-26(23-8-7-9-25(32)17-23)28(22-12-14-24(31)15-13-22)34(29(30)35)27(21-10-11-21)19-33-38(36,37)20(3)4/h5,7-9,12-15,17,20-21,26-28,33H,1,6,10-11,16,18-19H2,2-4H3. The zero-order valence-corrected chi connectivity index (χ0v) is 24.7. The summed E-state index contributed by atoms with van der Waals surface area (Å²) >= 11 is 12.7. The number of likely N-dealkylation sites (tertiary alicyclic amines) is 1. The van der Waals surface area contributed by atoms with Crippen molar-refractivity contribution in [1.29, 1.82) is 0 Å². The number of carbonyl (C=O) groups is 1. The number of rotatable bonds is 11. The first-order valence-electron chi connectivity index (χ1n) is 13.5. The van der Waals surface area contributed by atoms with Crippen molar-refractivity contribution in [2.24, 2.45) is 11.3 Å². The van der Waals surface area contributed by atoms with Gasteiger partial charge in [0.15, 0.2) is 0 Å². The van der Waals surface area contributed by atoms with Crippen LogP contribution in [0.25, 0.3) is 0 Å². The molecule has 4 atom stereocenters. The number of carbonyl (C=O) groups excluding carboxylic acids is 1. The molecule has 1 aliphatic heterocycles. The van der Waals surface area contributed by atoms with E-state index in [1.54, 1.807) is 13.8 Å². The predicted molar refractivity (Wildman–Crippen MR) is 156 cm³/mol. The summed E-state index contributed by atoms with van der Waals surface area (Å²) in [5.74, 6) is 0.259. The van der Waals surface area contributed by atoms with Crippen molar-refractivity contribution in [2.75, 3.05) is 6.54 Å². The summed E-state index contributed by atoms with van der Waals surface area (Å²) in [5, 5.41) is 0.719. The Labute approximate surface area is 237 Å². The average molecular weight is 578 g/mol. The van der Waals surface area contributed by atoms with Gasteiger partial charge in [0.25, 0.3) is 0 Å². The highest BCUT2D eigenvalue weighted by Gasteiger charge is 2.54. The van der Waals surface area contributed by atoms with Gasteiger partial charge in [0.2, 0.25) is 15.9 Å². The van der Waals surface area contributed by atoms with E-state index >= 15 is 0 Å². The highest BCUT2D eigenvalue weighted by molar-refractivity contribution is 7.90. The molecule has 2 fully saturated rings. The molecule has 1 aliphatic carbocycles. The Morgan fingerprint density at radius 2 is 1.79 bits per heavy atom. The van der Waals surface area contributed by atoms with Crippen molar-refractivity contribution in [3.8, 4) is 0 Å². The first-order chi connectivity index (χ1) is 18.0. The third kappa shape index (κ3) is 5.99. The second-order valence-electron chi connectivity index (χ2n) is 11.0. The number of nitrogens with one attached hydrogen (secondary N) is 1. The SMILES string of the molecule is C=CCC1(CC)CC(c2cccc(Cl)c2)C(c2ccc(Cl)cc2)N(C(CNS(=O)(=O)C(C)C)C2CC2)C1=O. The van der Waals surface area contributed by atoms with Crippen molar-refractivity contribution < 1.29 is 13.2 Å². The summed E-state index contributed by atoms with van der Waals surface area (Å²) in [6.07, 6.45) is 5.63. The first-order valence-corrected chi connectivity index (χ1v) is 15.8. The number of sulfonamides is 1. The molecule has 0 aromatic heterocycles. The third-order valence-electron chi connectivity index (χ3n) is 8.32.